The summed E-state index contributed by atoms with van der Waals surface area (Å²) in [6, 6.07) is 14.6. The topological polar surface area (TPSA) is 102 Å². The van der Waals surface area contributed by atoms with Crippen LogP contribution in [0.5, 0.6) is 0 Å². The van der Waals surface area contributed by atoms with Crippen molar-refractivity contribution in [1.82, 2.24) is 4.98 Å². The minimum Gasteiger partial charge on any atom is -0.326 e. The first-order valence-corrected chi connectivity index (χ1v) is 14.1. The van der Waals surface area contributed by atoms with E-state index < -0.39 is 9.84 Å². The lowest BCUT2D eigenvalue weighted by Crippen LogP contribution is -2.21. The number of aromatic nitrogens is 1. The monoisotopic (exact) mass is 507 g/mol. The molecule has 0 aliphatic heterocycles. The second-order valence-corrected chi connectivity index (χ2v) is 12.5. The van der Waals surface area contributed by atoms with Crippen LogP contribution in [-0.4, -0.2) is 25.6 Å². The van der Waals surface area contributed by atoms with Crippen molar-refractivity contribution in [2.45, 2.75) is 65.3 Å². The molecule has 0 saturated heterocycles. The Hall–Kier alpha value is -3.03. The zero-order valence-corrected chi connectivity index (χ0v) is 22.9. The van der Waals surface area contributed by atoms with Gasteiger partial charge in [-0.25, -0.2) is 8.42 Å². The molecule has 0 fully saturated rings. The number of hydrogen-bond acceptors (Lipinski definition) is 5. The van der Waals surface area contributed by atoms with Crippen LogP contribution < -0.4 is 11.1 Å². The third-order valence-corrected chi connectivity index (χ3v) is 7.14. The number of rotatable bonds is 8. The average Bonchev–Trinajstić information content (AvgIpc) is 2.78. The van der Waals surface area contributed by atoms with Crippen LogP contribution in [0.15, 0.2) is 53.4 Å². The highest BCUT2D eigenvalue weighted by Gasteiger charge is 2.24. The summed E-state index contributed by atoms with van der Waals surface area (Å²) < 4.78 is 23.9. The number of pyridine rings is 1. The van der Waals surface area contributed by atoms with Gasteiger partial charge in [0.05, 0.1) is 11.3 Å². The summed E-state index contributed by atoms with van der Waals surface area (Å²) in [5.74, 6) is -0.239. The highest BCUT2D eigenvalue weighted by molar-refractivity contribution is 7.90. The van der Waals surface area contributed by atoms with Crippen molar-refractivity contribution < 1.29 is 13.2 Å². The minimum absolute atomic E-state index is 0.0238. The fourth-order valence-electron chi connectivity index (χ4n) is 4.36. The fourth-order valence-corrected chi connectivity index (χ4v) is 5.03. The van der Waals surface area contributed by atoms with E-state index in [1.807, 2.05) is 13.8 Å². The summed E-state index contributed by atoms with van der Waals surface area (Å²) in [5, 5.41) is 2.87. The average molecular weight is 508 g/mol. The molecule has 192 valence electrons. The van der Waals surface area contributed by atoms with E-state index in [1.165, 1.54) is 12.1 Å². The molecule has 2 aromatic carbocycles. The lowest BCUT2D eigenvalue weighted by molar-refractivity contribution is -0.115. The third kappa shape index (κ3) is 6.80. The van der Waals surface area contributed by atoms with Crippen LogP contribution in [0.4, 0.5) is 5.69 Å². The zero-order valence-electron chi connectivity index (χ0n) is 22.1. The van der Waals surface area contributed by atoms with Gasteiger partial charge in [0.1, 0.15) is 0 Å². The van der Waals surface area contributed by atoms with Gasteiger partial charge in [0.25, 0.3) is 0 Å². The molecule has 3 N–H and O–H groups in total. The number of nitrogens with two attached hydrogens (primary N) is 1. The normalized spacial score (nSPS) is 12.0. The lowest BCUT2D eigenvalue weighted by Gasteiger charge is -2.25. The van der Waals surface area contributed by atoms with Gasteiger partial charge in [0, 0.05) is 29.9 Å². The van der Waals surface area contributed by atoms with Crippen molar-refractivity contribution >= 4 is 21.4 Å². The molecule has 6 nitrogen and oxygen atoms in total. The van der Waals surface area contributed by atoms with E-state index in [-0.39, 0.29) is 22.6 Å². The van der Waals surface area contributed by atoms with Crippen molar-refractivity contribution in [2.24, 2.45) is 11.1 Å². The predicted octanol–water partition coefficient (Wildman–Crippen LogP) is 5.25. The first-order chi connectivity index (χ1) is 16.8. The molecule has 0 aliphatic rings. The Morgan fingerprint density at radius 3 is 2.25 bits per heavy atom. The molecular weight excluding hydrogens is 470 g/mol. The Bertz CT molecular complexity index is 1360. The summed E-state index contributed by atoms with van der Waals surface area (Å²) in [7, 11) is -3.38. The Kier molecular flexibility index (Phi) is 8.37. The summed E-state index contributed by atoms with van der Waals surface area (Å²) >= 11 is 0. The molecule has 0 bridgehead atoms. The Morgan fingerprint density at radius 2 is 1.69 bits per heavy atom. The summed E-state index contributed by atoms with van der Waals surface area (Å²) in [5.41, 5.74) is 13.6. The molecule has 7 heteroatoms. The van der Waals surface area contributed by atoms with E-state index in [2.05, 4.69) is 50.4 Å². The van der Waals surface area contributed by atoms with Crippen molar-refractivity contribution in [2.75, 3.05) is 11.6 Å². The zero-order chi connectivity index (χ0) is 26.7. The summed E-state index contributed by atoms with van der Waals surface area (Å²) in [6.45, 7) is 10.9. The molecule has 0 atom stereocenters. The lowest BCUT2D eigenvalue weighted by atomic mass is 9.84. The van der Waals surface area contributed by atoms with Crippen molar-refractivity contribution in [3.8, 4) is 11.1 Å². The number of benzene rings is 2. The van der Waals surface area contributed by atoms with Crippen LogP contribution >= 0.6 is 0 Å². The largest absolute Gasteiger partial charge is 0.326 e. The number of amides is 1. The Balaban J connectivity index is 2.11. The second kappa shape index (κ2) is 10.9. The Morgan fingerprint density at radius 1 is 1.03 bits per heavy atom. The van der Waals surface area contributed by atoms with Gasteiger partial charge >= 0.3 is 0 Å². The molecule has 3 aromatic rings. The predicted molar refractivity (Wildman–Crippen MR) is 147 cm³/mol. The van der Waals surface area contributed by atoms with Crippen molar-refractivity contribution in [3.63, 3.8) is 0 Å². The molecule has 0 unspecified atom stereocenters. The van der Waals surface area contributed by atoms with Gasteiger partial charge in [-0.1, -0.05) is 63.6 Å². The number of anilines is 1. The molecule has 0 saturated carbocycles. The van der Waals surface area contributed by atoms with Gasteiger partial charge in [0.15, 0.2) is 9.84 Å². The number of aryl methyl sites for hydroxylation is 2. The number of nitrogens with zero attached hydrogens (tertiary/aromatic N) is 1. The first kappa shape index (κ1) is 27.6. The minimum atomic E-state index is -3.38. The van der Waals surface area contributed by atoms with Gasteiger partial charge in [-0.2, -0.15) is 0 Å². The van der Waals surface area contributed by atoms with Crippen LogP contribution in [0.2, 0.25) is 0 Å². The highest BCUT2D eigenvalue weighted by atomic mass is 32.2. The van der Waals surface area contributed by atoms with E-state index in [0.29, 0.717) is 18.7 Å². The van der Waals surface area contributed by atoms with E-state index in [4.69, 9.17) is 10.7 Å². The van der Waals surface area contributed by atoms with E-state index in [9.17, 15) is 13.2 Å². The van der Waals surface area contributed by atoms with E-state index in [1.54, 1.807) is 12.1 Å². The number of carbonyl (C=O) groups excluding carboxylic acids is 1. The maximum Gasteiger partial charge on any atom is 0.228 e. The van der Waals surface area contributed by atoms with Gasteiger partial charge in [-0.15, -0.1) is 0 Å². The highest BCUT2D eigenvalue weighted by Crippen LogP contribution is 2.35. The SMILES string of the molecule is CCc1nc(CC(C)(C)C)c(CN)c(-c2ccc(C)cc2)c1CC(=O)Nc1cccc(S(C)(=O)=O)c1. The first-order valence-electron chi connectivity index (χ1n) is 12.2. The quantitative estimate of drug-likeness (QED) is 0.433. The number of sulfone groups is 1. The molecule has 1 heterocycles. The van der Waals surface area contributed by atoms with Crippen LogP contribution in [0, 0.1) is 12.3 Å². The molecule has 0 aliphatic carbocycles. The van der Waals surface area contributed by atoms with Crippen LogP contribution in [0.3, 0.4) is 0 Å². The van der Waals surface area contributed by atoms with Gasteiger partial charge in [0.2, 0.25) is 5.91 Å². The fraction of sp³-hybridized carbons (Fsp3) is 0.379. The van der Waals surface area contributed by atoms with Gasteiger partial charge in [-0.05, 0) is 65.6 Å². The molecule has 0 spiro atoms. The second-order valence-electron chi connectivity index (χ2n) is 10.5. The summed E-state index contributed by atoms with van der Waals surface area (Å²) in [4.78, 5) is 18.4. The smallest absolute Gasteiger partial charge is 0.228 e. The van der Waals surface area contributed by atoms with Crippen molar-refractivity contribution in [3.05, 3.63) is 76.6 Å². The van der Waals surface area contributed by atoms with Gasteiger partial charge in [-0.3, -0.25) is 9.78 Å². The number of hydrogen-bond donors (Lipinski definition) is 2. The molecule has 3 rings (SSSR count). The molecule has 36 heavy (non-hydrogen) atoms. The van der Waals surface area contributed by atoms with Crippen molar-refractivity contribution in [1.29, 1.82) is 0 Å². The molecule has 1 amide bonds. The van der Waals surface area contributed by atoms with Gasteiger partial charge < -0.3 is 11.1 Å². The van der Waals surface area contributed by atoms with E-state index in [0.717, 1.165) is 51.9 Å². The molecule has 1 aromatic heterocycles. The molecule has 0 radical (unpaired) electrons. The maximum absolute atomic E-state index is 13.2. The number of carbonyl (C=O) groups is 1. The van der Waals surface area contributed by atoms with Crippen LogP contribution in [0.1, 0.15) is 55.8 Å². The third-order valence-electron chi connectivity index (χ3n) is 6.03. The van der Waals surface area contributed by atoms with Crippen LogP contribution in [-0.2, 0) is 40.4 Å². The van der Waals surface area contributed by atoms with Crippen LogP contribution in [0.25, 0.3) is 11.1 Å². The standard InChI is InChI=1S/C29H37N3O3S/c1-7-25-23(16-27(33)31-21-9-8-10-22(15-21)36(6,34)35)28(20-13-11-19(2)12-14-20)24(18-30)26(32-25)17-29(3,4)5/h8-15H,7,16-18,30H2,1-6H3,(H,31,33). The molecular formula is C29H37N3O3S. The Labute approximate surface area is 215 Å². The summed E-state index contributed by atoms with van der Waals surface area (Å²) in [6.07, 6.45) is 2.70. The number of nitrogens with one attached hydrogen (secondary N) is 1. The van der Waals surface area contributed by atoms with E-state index >= 15 is 0 Å². The maximum atomic E-state index is 13.2.